The van der Waals surface area contributed by atoms with Gasteiger partial charge in [-0.3, -0.25) is 0 Å². The SMILES string of the molecule is Nc1c(N)c(-c2cc3c4ccccc4n(-c4ccccc4)c3s2)c2nsnc2c1-c1cc2c3ccccc3n(-c3ccccc3)c2s1.O=[Se]=O.c1ccc(-n2c3ccccc3c3cc(-c4c5c(c(-c6cc7c8ccccc8n(-c8ccccc8)c7s6)c6nsnc46)N=[Se]=N5)sc32)cc1. The van der Waals surface area contributed by atoms with Crippen molar-refractivity contribution in [2.75, 3.05) is 11.5 Å². The van der Waals surface area contributed by atoms with Crippen LogP contribution in [-0.4, -0.2) is 65.2 Å². The van der Waals surface area contributed by atoms with Crippen LogP contribution in [0.1, 0.15) is 0 Å². The van der Waals surface area contributed by atoms with E-state index in [9.17, 15) is 0 Å². The van der Waals surface area contributed by atoms with Crippen molar-refractivity contribution in [3.8, 4) is 64.5 Å². The van der Waals surface area contributed by atoms with Gasteiger partial charge in [0.25, 0.3) is 0 Å². The summed E-state index contributed by atoms with van der Waals surface area (Å²) in [6.45, 7) is 0. The van der Waals surface area contributed by atoms with Gasteiger partial charge in [0.15, 0.2) is 0 Å². The molecule has 1 aliphatic rings. The van der Waals surface area contributed by atoms with Gasteiger partial charge in [0.2, 0.25) is 0 Å². The molecule has 0 fully saturated rings. The monoisotopic (exact) mass is 1510 g/mol. The molecule has 0 saturated heterocycles. The molecule has 10 aromatic heterocycles. The van der Waals surface area contributed by atoms with Crippen molar-refractivity contribution in [1.29, 1.82) is 0 Å². The summed E-state index contributed by atoms with van der Waals surface area (Å²) >= 11 is 7.61. The number of rotatable bonds is 8. The van der Waals surface area contributed by atoms with Crippen molar-refractivity contribution >= 4 is 227 Å². The van der Waals surface area contributed by atoms with Crippen molar-refractivity contribution in [3.05, 3.63) is 243 Å². The minimum atomic E-state index is -1.62. The molecule has 98 heavy (non-hydrogen) atoms. The summed E-state index contributed by atoms with van der Waals surface area (Å²) in [5.74, 6) is 0. The molecule has 20 aromatic rings. The summed E-state index contributed by atoms with van der Waals surface area (Å²) in [5, 5.41) is 9.69. The van der Waals surface area contributed by atoms with E-state index < -0.39 is 14.8 Å². The number of benzene rings is 10. The van der Waals surface area contributed by atoms with E-state index in [1.807, 2.05) is 12.1 Å². The molecule has 1 aliphatic heterocycles. The molecule has 11 heterocycles. The number of nitrogen functional groups attached to an aromatic ring is 2. The number of fused-ring (bicyclic) bond motifs is 15. The molecular formula is C76H44N12O2S6Se2. The van der Waals surface area contributed by atoms with Crippen LogP contribution < -0.4 is 11.5 Å². The summed E-state index contributed by atoms with van der Waals surface area (Å²) in [4.78, 5) is 9.06. The molecule has 22 heteroatoms. The molecule has 468 valence electrons. The van der Waals surface area contributed by atoms with Crippen molar-refractivity contribution in [2.24, 2.45) is 7.92 Å². The predicted molar refractivity (Wildman–Crippen MR) is 411 cm³/mol. The van der Waals surface area contributed by atoms with Gasteiger partial charge in [0, 0.05) is 53.8 Å². The third kappa shape index (κ3) is 9.11. The van der Waals surface area contributed by atoms with E-state index in [1.165, 1.54) is 98.3 Å². The van der Waals surface area contributed by atoms with Gasteiger partial charge in [-0.15, -0.1) is 22.7 Å². The van der Waals surface area contributed by atoms with Gasteiger partial charge in [-0.1, -0.05) is 72.8 Å². The van der Waals surface area contributed by atoms with Crippen molar-refractivity contribution in [1.82, 2.24) is 35.8 Å². The molecule has 0 radical (unpaired) electrons. The zero-order chi connectivity index (χ0) is 65.3. The molecule has 0 bridgehead atoms. The topological polar surface area (TPSA) is 182 Å². The molecule has 0 aliphatic carbocycles. The Labute approximate surface area is 592 Å². The fourth-order valence-electron chi connectivity index (χ4n) is 14.1. The minimum absolute atomic E-state index is 0.237. The Morgan fingerprint density at radius 3 is 0.816 bits per heavy atom. The first-order valence-corrected chi connectivity index (χ1v) is 38.6. The van der Waals surface area contributed by atoms with E-state index in [0.717, 1.165) is 108 Å². The summed E-state index contributed by atoms with van der Waals surface area (Å²) in [6, 6.07) is 85.7. The number of para-hydroxylation sites is 8. The average molecular weight is 1510 g/mol. The first kappa shape index (κ1) is 59.0. The molecule has 0 unspecified atom stereocenters. The van der Waals surface area contributed by atoms with Crippen LogP contribution in [0.25, 0.3) is 171 Å². The van der Waals surface area contributed by atoms with Gasteiger partial charge < -0.3 is 20.6 Å². The van der Waals surface area contributed by atoms with Gasteiger partial charge in [-0.2, -0.15) is 8.75 Å². The molecule has 10 aromatic carbocycles. The van der Waals surface area contributed by atoms with Crippen LogP contribution in [0.3, 0.4) is 0 Å². The Kier molecular flexibility index (Phi) is 14.3. The zero-order valence-corrected chi connectivity index (χ0v) is 59.1. The molecule has 0 atom stereocenters. The van der Waals surface area contributed by atoms with E-state index in [-0.39, 0.29) is 14.6 Å². The van der Waals surface area contributed by atoms with Gasteiger partial charge in [-0.25, -0.2) is 0 Å². The molecular weight excluding hydrogens is 1460 g/mol. The van der Waals surface area contributed by atoms with E-state index in [1.54, 1.807) is 45.3 Å². The Morgan fingerprint density at radius 2 is 0.541 bits per heavy atom. The number of anilines is 2. The van der Waals surface area contributed by atoms with E-state index in [2.05, 4.69) is 249 Å². The molecule has 0 saturated carbocycles. The predicted octanol–water partition coefficient (Wildman–Crippen LogP) is 21.6. The van der Waals surface area contributed by atoms with E-state index in [0.29, 0.717) is 11.4 Å². The summed E-state index contributed by atoms with van der Waals surface area (Å²) in [6.07, 6.45) is 0. The normalized spacial score (nSPS) is 12.1. The van der Waals surface area contributed by atoms with Crippen LogP contribution in [0.2, 0.25) is 0 Å². The molecule has 0 spiro atoms. The van der Waals surface area contributed by atoms with Crippen LogP contribution >= 0.6 is 68.8 Å². The second kappa shape index (κ2) is 23.8. The van der Waals surface area contributed by atoms with Gasteiger partial charge in [0.1, 0.15) is 20.7 Å². The van der Waals surface area contributed by atoms with Crippen molar-refractivity contribution < 1.29 is 7.67 Å². The molecule has 4 N–H and O–H groups in total. The summed E-state index contributed by atoms with van der Waals surface area (Å²) in [7, 11) is 0. The Morgan fingerprint density at radius 1 is 0.306 bits per heavy atom. The van der Waals surface area contributed by atoms with Crippen LogP contribution in [0.4, 0.5) is 22.7 Å². The number of nitrogens with two attached hydrogens (primary N) is 2. The van der Waals surface area contributed by atoms with Crippen LogP contribution in [0, 0.1) is 0 Å². The number of hydrogen-bond donors (Lipinski definition) is 2. The van der Waals surface area contributed by atoms with Crippen molar-refractivity contribution in [2.45, 2.75) is 0 Å². The Bertz CT molecular complexity index is 6350. The van der Waals surface area contributed by atoms with Crippen LogP contribution in [-0.2, 0) is 7.67 Å². The maximum absolute atomic E-state index is 8.44. The first-order valence-electron chi connectivity index (χ1n) is 30.9. The fraction of sp³-hybridized carbons (Fsp3) is 0. The third-order valence-corrected chi connectivity index (χ3v) is 24.9. The van der Waals surface area contributed by atoms with Gasteiger partial charge >= 0.3 is 315 Å². The van der Waals surface area contributed by atoms with Crippen LogP contribution in [0.5, 0.6) is 0 Å². The standard InChI is InChI=1S/C38H20N6S3Se.C38H24N6S3.O2Se/c1-3-11-21(12-4-1)43-27-17-9-7-15-23(27)25-19-29(45-37(25)43)31-33-34(40-47-39-33)32(36-35(31)41-48-42-36)30-20-26-24-16-8-10-18-28(24)44(38(26)46-30)22-13-5-2-6-14-22;39-33-31(29-19-25-23-15-7-9-17-27(23)43(37(25)45-29)21-11-3-1-4-12-21)35-36(42-47-41-35)32(34(33)40)30-20-26-24-16-8-10-18-28(24)44(38(26)46-30)22-13-5-2-6-14-22;1-3-2/h1-20H;1-20H,39-40H2;. The number of thiophene rings is 4. The summed E-state index contributed by atoms with van der Waals surface area (Å²) in [5.41, 5.74) is 33.5. The van der Waals surface area contributed by atoms with Gasteiger partial charge in [-0.05, 0) is 48.5 Å². The van der Waals surface area contributed by atoms with Gasteiger partial charge in [0.05, 0.1) is 34.1 Å². The second-order valence-electron chi connectivity index (χ2n) is 23.4. The number of aromatic nitrogens is 8. The molecule has 21 rings (SSSR count). The van der Waals surface area contributed by atoms with Crippen LogP contribution in [0.15, 0.2) is 251 Å². The Hall–Kier alpha value is -10.3. The van der Waals surface area contributed by atoms with E-state index in [4.69, 9.17) is 44.6 Å². The maximum atomic E-state index is 8.44. The second-order valence-corrected chi connectivity index (χ2v) is 29.9. The third-order valence-electron chi connectivity index (χ3n) is 18.2. The number of hydrogen-bond acceptors (Lipinski definition) is 16. The Balaban J connectivity index is 0.000000132. The van der Waals surface area contributed by atoms with E-state index >= 15 is 0 Å². The summed E-state index contributed by atoms with van der Waals surface area (Å²) < 4.78 is 56.0. The molecule has 14 nitrogen and oxygen atoms in total. The average Bonchev–Trinajstić information content (AvgIpc) is 1.55. The first-order chi connectivity index (χ1) is 48.4. The quantitative estimate of drug-likeness (QED) is 0.111. The molecule has 0 amide bonds. The number of nitrogens with zero attached hydrogens (tertiary/aromatic N) is 10. The zero-order valence-electron chi connectivity index (χ0n) is 50.8. The van der Waals surface area contributed by atoms with Crippen molar-refractivity contribution in [3.63, 3.8) is 0 Å². The fourth-order valence-corrected chi connectivity index (χ4v) is 21.4.